The SMILES string of the molecule is COC(=O)[C@@H](C)Cn1cnc(=Nc2ccc(OC(C)C)c(Cl)c2)nc1C. The van der Waals surface area contributed by atoms with Crippen LogP contribution in [0.25, 0.3) is 0 Å². The van der Waals surface area contributed by atoms with E-state index in [0.29, 0.717) is 34.4 Å². The first kappa shape index (κ1) is 19.9. The Labute approximate surface area is 157 Å². The Morgan fingerprint density at radius 1 is 1.35 bits per heavy atom. The van der Waals surface area contributed by atoms with Gasteiger partial charge in [-0.3, -0.25) is 4.79 Å². The minimum atomic E-state index is -0.289. The summed E-state index contributed by atoms with van der Waals surface area (Å²) in [6, 6.07) is 5.27. The molecule has 7 nitrogen and oxygen atoms in total. The van der Waals surface area contributed by atoms with Gasteiger partial charge < -0.3 is 14.0 Å². The first-order valence-electron chi connectivity index (χ1n) is 8.29. The molecule has 0 saturated carbocycles. The van der Waals surface area contributed by atoms with E-state index >= 15 is 0 Å². The molecule has 140 valence electrons. The highest BCUT2D eigenvalue weighted by Gasteiger charge is 2.14. The summed E-state index contributed by atoms with van der Waals surface area (Å²) in [6.07, 6.45) is 1.65. The molecule has 0 amide bonds. The van der Waals surface area contributed by atoms with Crippen molar-refractivity contribution in [1.29, 1.82) is 0 Å². The average molecular weight is 379 g/mol. The second-order valence-corrected chi connectivity index (χ2v) is 6.58. The summed E-state index contributed by atoms with van der Waals surface area (Å²) in [5.74, 6) is 0.743. The molecule has 0 N–H and O–H groups in total. The van der Waals surface area contributed by atoms with E-state index in [9.17, 15) is 4.79 Å². The number of aromatic nitrogens is 3. The second-order valence-electron chi connectivity index (χ2n) is 6.17. The van der Waals surface area contributed by atoms with Crippen LogP contribution in [-0.2, 0) is 16.1 Å². The van der Waals surface area contributed by atoms with Crippen molar-refractivity contribution < 1.29 is 14.3 Å². The number of rotatable bonds is 6. The Morgan fingerprint density at radius 3 is 2.65 bits per heavy atom. The maximum Gasteiger partial charge on any atom is 0.310 e. The monoisotopic (exact) mass is 378 g/mol. The molecule has 1 atom stereocenters. The van der Waals surface area contributed by atoms with E-state index in [2.05, 4.69) is 15.0 Å². The molecule has 0 aliphatic carbocycles. The van der Waals surface area contributed by atoms with Crippen LogP contribution in [0.5, 0.6) is 5.75 Å². The first-order chi connectivity index (χ1) is 12.3. The maximum atomic E-state index is 11.5. The lowest BCUT2D eigenvalue weighted by Gasteiger charge is -2.13. The third kappa shape index (κ3) is 5.29. The maximum absolute atomic E-state index is 11.5. The number of esters is 1. The van der Waals surface area contributed by atoms with Gasteiger partial charge in [0.2, 0.25) is 0 Å². The van der Waals surface area contributed by atoms with Gasteiger partial charge in [0.1, 0.15) is 17.9 Å². The number of carbonyl (C=O) groups is 1. The van der Waals surface area contributed by atoms with Gasteiger partial charge in [0.05, 0.1) is 29.8 Å². The smallest absolute Gasteiger partial charge is 0.310 e. The second kappa shape index (κ2) is 8.80. The van der Waals surface area contributed by atoms with Gasteiger partial charge in [-0.05, 0) is 39.0 Å². The third-order valence-electron chi connectivity index (χ3n) is 3.57. The minimum Gasteiger partial charge on any atom is -0.489 e. The number of benzene rings is 1. The summed E-state index contributed by atoms with van der Waals surface area (Å²) in [5.41, 5.74) is 0.948. The highest BCUT2D eigenvalue weighted by Crippen LogP contribution is 2.29. The Hall–Kier alpha value is -2.41. The molecule has 0 aliphatic rings. The van der Waals surface area contributed by atoms with E-state index in [-0.39, 0.29) is 18.0 Å². The summed E-state index contributed by atoms with van der Waals surface area (Å²) in [5, 5.41) is 0.481. The molecule has 0 saturated heterocycles. The Kier molecular flexibility index (Phi) is 6.74. The van der Waals surface area contributed by atoms with Gasteiger partial charge in [-0.15, -0.1) is 0 Å². The van der Waals surface area contributed by atoms with E-state index in [0.717, 1.165) is 0 Å². The number of nitrogens with zero attached hydrogens (tertiary/aromatic N) is 4. The zero-order chi connectivity index (χ0) is 19.3. The third-order valence-corrected chi connectivity index (χ3v) is 3.87. The van der Waals surface area contributed by atoms with E-state index in [1.54, 1.807) is 36.0 Å². The molecule has 1 aromatic heterocycles. The van der Waals surface area contributed by atoms with Gasteiger partial charge >= 0.3 is 5.97 Å². The van der Waals surface area contributed by atoms with Gasteiger partial charge in [-0.1, -0.05) is 18.5 Å². The van der Waals surface area contributed by atoms with Crippen molar-refractivity contribution in [3.8, 4) is 5.75 Å². The Morgan fingerprint density at radius 2 is 2.08 bits per heavy atom. The van der Waals surface area contributed by atoms with Gasteiger partial charge in [-0.2, -0.15) is 4.98 Å². The van der Waals surface area contributed by atoms with Crippen molar-refractivity contribution in [1.82, 2.24) is 14.5 Å². The molecule has 8 heteroatoms. The molecule has 0 spiro atoms. The van der Waals surface area contributed by atoms with Crippen molar-refractivity contribution in [3.05, 3.63) is 41.0 Å². The molecule has 0 fully saturated rings. The van der Waals surface area contributed by atoms with Crippen LogP contribution in [-0.4, -0.2) is 33.7 Å². The highest BCUT2D eigenvalue weighted by molar-refractivity contribution is 6.32. The van der Waals surface area contributed by atoms with E-state index in [4.69, 9.17) is 21.1 Å². The first-order valence-corrected chi connectivity index (χ1v) is 8.66. The molecule has 0 bridgehead atoms. The number of methoxy groups -OCH3 is 1. The van der Waals surface area contributed by atoms with Gasteiger partial charge in [0, 0.05) is 6.54 Å². The van der Waals surface area contributed by atoms with Crippen molar-refractivity contribution in [3.63, 3.8) is 0 Å². The molecule has 2 rings (SSSR count). The normalized spacial score (nSPS) is 13.0. The molecule has 26 heavy (non-hydrogen) atoms. The summed E-state index contributed by atoms with van der Waals surface area (Å²) >= 11 is 6.22. The van der Waals surface area contributed by atoms with Crippen molar-refractivity contribution in [2.75, 3.05) is 7.11 Å². The molecule has 1 heterocycles. The largest absolute Gasteiger partial charge is 0.489 e. The van der Waals surface area contributed by atoms with Crippen LogP contribution in [0.4, 0.5) is 5.69 Å². The van der Waals surface area contributed by atoms with E-state index in [1.807, 2.05) is 20.8 Å². The molecule has 0 radical (unpaired) electrons. The minimum absolute atomic E-state index is 0.0400. The van der Waals surface area contributed by atoms with Crippen LogP contribution in [0.1, 0.15) is 26.6 Å². The molecule has 0 unspecified atom stereocenters. The zero-order valence-electron chi connectivity index (χ0n) is 15.6. The Balaban J connectivity index is 2.23. The fourth-order valence-electron chi connectivity index (χ4n) is 2.27. The number of hydrogen-bond donors (Lipinski definition) is 0. The predicted octanol–water partition coefficient (Wildman–Crippen LogP) is 3.07. The van der Waals surface area contributed by atoms with Crippen molar-refractivity contribution in [2.45, 2.75) is 40.3 Å². The zero-order valence-corrected chi connectivity index (χ0v) is 16.3. The van der Waals surface area contributed by atoms with E-state index in [1.165, 1.54) is 7.11 Å². The van der Waals surface area contributed by atoms with Crippen molar-refractivity contribution in [2.24, 2.45) is 10.9 Å². The van der Waals surface area contributed by atoms with Crippen LogP contribution >= 0.6 is 11.6 Å². The number of hydrogen-bond acceptors (Lipinski definition) is 6. The lowest BCUT2D eigenvalue weighted by Crippen LogP contribution is -2.24. The number of halogens is 1. The molecular weight excluding hydrogens is 356 g/mol. The van der Waals surface area contributed by atoms with Gasteiger partial charge in [-0.25, -0.2) is 9.98 Å². The van der Waals surface area contributed by atoms with Gasteiger partial charge in [0.15, 0.2) is 0 Å². The summed E-state index contributed by atoms with van der Waals surface area (Å²) in [6.45, 7) is 7.93. The van der Waals surface area contributed by atoms with E-state index < -0.39 is 0 Å². The van der Waals surface area contributed by atoms with Crippen LogP contribution in [0.3, 0.4) is 0 Å². The summed E-state index contributed by atoms with van der Waals surface area (Å²) in [4.78, 5) is 24.5. The van der Waals surface area contributed by atoms with Crippen LogP contribution < -0.4 is 10.4 Å². The quantitative estimate of drug-likeness (QED) is 0.722. The highest BCUT2D eigenvalue weighted by atomic mass is 35.5. The summed E-state index contributed by atoms with van der Waals surface area (Å²) in [7, 11) is 1.37. The number of carbonyl (C=O) groups excluding carboxylic acids is 1. The van der Waals surface area contributed by atoms with Crippen LogP contribution in [0.2, 0.25) is 5.02 Å². The van der Waals surface area contributed by atoms with Crippen LogP contribution in [0.15, 0.2) is 29.5 Å². The predicted molar refractivity (Wildman–Crippen MR) is 98.4 cm³/mol. The molecule has 2 aromatic rings. The standard InChI is InChI=1S/C18H23ClN4O3/c1-11(2)26-16-7-6-14(8-15(16)19)22-18-20-10-23(13(4)21-18)9-12(3)17(24)25-5/h6-8,10-12H,9H2,1-5H3/t12-/m0/s1. The van der Waals surface area contributed by atoms with Crippen molar-refractivity contribution >= 4 is 23.3 Å². The molecule has 1 aromatic carbocycles. The molecule has 0 aliphatic heterocycles. The summed E-state index contributed by atoms with van der Waals surface area (Å²) < 4.78 is 12.1. The fraction of sp³-hybridized carbons (Fsp3) is 0.444. The average Bonchev–Trinajstić information content (AvgIpc) is 2.58. The lowest BCUT2D eigenvalue weighted by atomic mass is 10.2. The van der Waals surface area contributed by atoms with Crippen LogP contribution in [0, 0.1) is 12.8 Å². The number of ether oxygens (including phenoxy) is 2. The Bertz CT molecular complexity index is 849. The fourth-order valence-corrected chi connectivity index (χ4v) is 2.49. The molecular formula is C18H23ClN4O3. The lowest BCUT2D eigenvalue weighted by molar-refractivity contribution is -0.145. The topological polar surface area (TPSA) is 78.6 Å². The number of aryl methyl sites for hydroxylation is 1. The van der Waals surface area contributed by atoms with Gasteiger partial charge in [0.25, 0.3) is 5.62 Å².